The number of benzene rings is 2. The van der Waals surface area contributed by atoms with Crippen LogP contribution in [-0.2, 0) is 0 Å². The minimum Gasteiger partial charge on any atom is -0.494 e. The Bertz CT molecular complexity index is 573. The van der Waals surface area contributed by atoms with Crippen molar-refractivity contribution in [3.8, 4) is 16.9 Å². The van der Waals surface area contributed by atoms with Crippen molar-refractivity contribution in [2.75, 3.05) is 6.61 Å². The van der Waals surface area contributed by atoms with Crippen LogP contribution in [0.5, 0.6) is 5.75 Å². The number of ether oxygens (including phenoxy) is 1. The third-order valence-electron chi connectivity index (χ3n) is 2.98. The molecule has 0 spiro atoms. The fraction of sp³-hybridized carbons (Fsp3) is 0.235. The van der Waals surface area contributed by atoms with Crippen LogP contribution in [0.15, 0.2) is 48.5 Å². The van der Waals surface area contributed by atoms with E-state index in [-0.39, 0.29) is 5.78 Å². The molecule has 0 N–H and O–H groups in total. The second kappa shape index (κ2) is 6.19. The fourth-order valence-electron chi connectivity index (χ4n) is 2.01. The molecule has 0 bridgehead atoms. The molecule has 0 atom stereocenters. The van der Waals surface area contributed by atoms with Gasteiger partial charge in [0, 0.05) is 12.0 Å². The van der Waals surface area contributed by atoms with Crippen molar-refractivity contribution in [1.29, 1.82) is 0 Å². The van der Waals surface area contributed by atoms with Crippen LogP contribution in [0.25, 0.3) is 11.1 Å². The summed E-state index contributed by atoms with van der Waals surface area (Å²) in [6.45, 7) is 4.50. The summed E-state index contributed by atoms with van der Waals surface area (Å²) in [7, 11) is 0. The normalized spacial score (nSPS) is 10.2. The first-order valence-electron chi connectivity index (χ1n) is 6.61. The molecule has 98 valence electrons. The lowest BCUT2D eigenvalue weighted by molar-refractivity contribution is 0.0988. The highest BCUT2D eigenvalue weighted by Gasteiger charge is 2.05. The maximum atomic E-state index is 11.7. The molecule has 2 aromatic carbocycles. The van der Waals surface area contributed by atoms with E-state index in [0.29, 0.717) is 13.0 Å². The number of hydrogen-bond acceptors (Lipinski definition) is 2. The van der Waals surface area contributed by atoms with Crippen molar-refractivity contribution in [1.82, 2.24) is 0 Å². The largest absolute Gasteiger partial charge is 0.494 e. The van der Waals surface area contributed by atoms with Crippen LogP contribution in [0.4, 0.5) is 0 Å². The zero-order valence-corrected chi connectivity index (χ0v) is 11.3. The maximum Gasteiger partial charge on any atom is 0.162 e. The van der Waals surface area contributed by atoms with Crippen LogP contribution in [0.1, 0.15) is 30.6 Å². The predicted octanol–water partition coefficient (Wildman–Crippen LogP) is 4.35. The molecule has 0 radical (unpaired) electrons. The van der Waals surface area contributed by atoms with Gasteiger partial charge in [-0.3, -0.25) is 4.79 Å². The molecule has 2 aromatic rings. The average Bonchev–Trinajstić information content (AvgIpc) is 2.47. The van der Waals surface area contributed by atoms with Gasteiger partial charge in [-0.25, -0.2) is 0 Å². The third-order valence-corrected chi connectivity index (χ3v) is 2.98. The third kappa shape index (κ3) is 3.22. The minimum atomic E-state index is 0.169. The molecule has 0 aromatic heterocycles. The fourth-order valence-corrected chi connectivity index (χ4v) is 2.01. The van der Waals surface area contributed by atoms with Crippen LogP contribution in [0.3, 0.4) is 0 Å². The van der Waals surface area contributed by atoms with Gasteiger partial charge in [-0.2, -0.15) is 0 Å². The molecule has 0 saturated heterocycles. The van der Waals surface area contributed by atoms with Gasteiger partial charge in [-0.15, -0.1) is 0 Å². The van der Waals surface area contributed by atoms with Gasteiger partial charge in [0.05, 0.1) is 6.61 Å². The molecule has 19 heavy (non-hydrogen) atoms. The molecule has 0 aliphatic carbocycles. The van der Waals surface area contributed by atoms with E-state index >= 15 is 0 Å². The summed E-state index contributed by atoms with van der Waals surface area (Å²) >= 11 is 0. The zero-order valence-electron chi connectivity index (χ0n) is 11.3. The van der Waals surface area contributed by atoms with Crippen LogP contribution in [0, 0.1) is 0 Å². The Hall–Kier alpha value is -2.09. The molecule has 0 saturated carbocycles. The molecular weight excluding hydrogens is 236 g/mol. The lowest BCUT2D eigenvalue weighted by atomic mass is 10.0. The smallest absolute Gasteiger partial charge is 0.162 e. The van der Waals surface area contributed by atoms with Crippen LogP contribution >= 0.6 is 0 Å². The Morgan fingerprint density at radius 1 is 1.00 bits per heavy atom. The molecule has 2 rings (SSSR count). The average molecular weight is 254 g/mol. The molecule has 0 unspecified atom stereocenters. The number of carbonyl (C=O) groups excluding carboxylic acids is 1. The van der Waals surface area contributed by atoms with Crippen molar-refractivity contribution < 1.29 is 9.53 Å². The van der Waals surface area contributed by atoms with Crippen molar-refractivity contribution in [3.63, 3.8) is 0 Å². The Morgan fingerprint density at radius 3 is 2.37 bits per heavy atom. The summed E-state index contributed by atoms with van der Waals surface area (Å²) in [5, 5.41) is 0. The van der Waals surface area contributed by atoms with E-state index in [0.717, 1.165) is 22.4 Å². The van der Waals surface area contributed by atoms with Gasteiger partial charge in [-0.05, 0) is 36.2 Å². The predicted molar refractivity (Wildman–Crippen MR) is 77.7 cm³/mol. The highest BCUT2D eigenvalue weighted by atomic mass is 16.5. The lowest BCUT2D eigenvalue weighted by Gasteiger charge is -2.07. The summed E-state index contributed by atoms with van der Waals surface area (Å²) in [6.07, 6.45) is 0.530. The van der Waals surface area contributed by atoms with Crippen molar-refractivity contribution >= 4 is 5.78 Å². The van der Waals surface area contributed by atoms with Gasteiger partial charge in [0.25, 0.3) is 0 Å². The summed E-state index contributed by atoms with van der Waals surface area (Å²) in [4.78, 5) is 11.7. The van der Waals surface area contributed by atoms with Gasteiger partial charge >= 0.3 is 0 Å². The molecule has 2 heteroatoms. The van der Waals surface area contributed by atoms with Gasteiger partial charge in [0.15, 0.2) is 5.78 Å². The first-order chi connectivity index (χ1) is 9.24. The van der Waals surface area contributed by atoms with Crippen molar-refractivity contribution in [2.24, 2.45) is 0 Å². The van der Waals surface area contributed by atoms with E-state index in [4.69, 9.17) is 4.74 Å². The van der Waals surface area contributed by atoms with Crippen molar-refractivity contribution in [2.45, 2.75) is 20.3 Å². The second-order valence-corrected chi connectivity index (χ2v) is 4.32. The first kappa shape index (κ1) is 13.3. The number of carbonyl (C=O) groups is 1. The van der Waals surface area contributed by atoms with Crippen LogP contribution in [-0.4, -0.2) is 12.4 Å². The summed E-state index contributed by atoms with van der Waals surface area (Å²) < 4.78 is 5.50. The molecule has 0 aliphatic heterocycles. The Kier molecular flexibility index (Phi) is 4.35. The van der Waals surface area contributed by atoms with Crippen LogP contribution in [0.2, 0.25) is 0 Å². The van der Waals surface area contributed by atoms with E-state index in [1.807, 2.05) is 62.4 Å². The molecule has 0 fully saturated rings. The topological polar surface area (TPSA) is 26.3 Å². The van der Waals surface area contributed by atoms with Gasteiger partial charge < -0.3 is 4.74 Å². The molecular formula is C17H18O2. The Morgan fingerprint density at radius 2 is 1.68 bits per heavy atom. The summed E-state index contributed by atoms with van der Waals surface area (Å²) in [5.74, 6) is 1.02. The monoisotopic (exact) mass is 254 g/mol. The Balaban J connectivity index is 2.36. The number of ketones is 1. The van der Waals surface area contributed by atoms with E-state index < -0.39 is 0 Å². The van der Waals surface area contributed by atoms with Crippen LogP contribution < -0.4 is 4.74 Å². The van der Waals surface area contributed by atoms with Gasteiger partial charge in [-0.1, -0.05) is 37.3 Å². The molecule has 2 nitrogen and oxygen atoms in total. The highest BCUT2D eigenvalue weighted by Crippen LogP contribution is 2.25. The number of Topliss-reactive ketones (excluding diaryl/α,β-unsaturated/α-hetero) is 1. The van der Waals surface area contributed by atoms with E-state index in [1.165, 1.54) is 0 Å². The Labute approximate surface area is 114 Å². The molecule has 0 amide bonds. The summed E-state index contributed by atoms with van der Waals surface area (Å²) in [5.41, 5.74) is 2.87. The standard InChI is InChI=1S/C17H18O2/c1-3-17(18)15-9-5-7-13(11-15)14-8-6-10-16(12-14)19-4-2/h5-12H,3-4H2,1-2H3. The zero-order chi connectivity index (χ0) is 13.7. The lowest BCUT2D eigenvalue weighted by Crippen LogP contribution is -1.96. The quantitative estimate of drug-likeness (QED) is 0.742. The van der Waals surface area contributed by atoms with Gasteiger partial charge in [0.1, 0.15) is 5.75 Å². The van der Waals surface area contributed by atoms with Crippen molar-refractivity contribution in [3.05, 3.63) is 54.1 Å². The number of rotatable bonds is 5. The SMILES string of the molecule is CCOc1cccc(-c2cccc(C(=O)CC)c2)c1. The van der Waals surface area contributed by atoms with E-state index in [9.17, 15) is 4.79 Å². The molecule has 0 heterocycles. The second-order valence-electron chi connectivity index (χ2n) is 4.32. The van der Waals surface area contributed by atoms with E-state index in [1.54, 1.807) is 0 Å². The highest BCUT2D eigenvalue weighted by molar-refractivity contribution is 5.97. The number of hydrogen-bond donors (Lipinski definition) is 0. The van der Waals surface area contributed by atoms with Gasteiger partial charge in [0.2, 0.25) is 0 Å². The summed E-state index contributed by atoms with van der Waals surface area (Å²) in [6, 6.07) is 15.7. The maximum absolute atomic E-state index is 11.7. The van der Waals surface area contributed by atoms with E-state index in [2.05, 4.69) is 0 Å². The molecule has 0 aliphatic rings. The first-order valence-corrected chi connectivity index (χ1v) is 6.61. The minimum absolute atomic E-state index is 0.169.